The van der Waals surface area contributed by atoms with Crippen LogP contribution in [0.25, 0.3) is 0 Å². The topological polar surface area (TPSA) is 75.6 Å². The first-order valence-corrected chi connectivity index (χ1v) is 6.37. The Balaban J connectivity index is 3.31. The van der Waals surface area contributed by atoms with E-state index < -0.39 is 10.0 Å². The maximum absolute atomic E-state index is 11.4. The van der Waals surface area contributed by atoms with Crippen molar-refractivity contribution in [2.75, 3.05) is 6.61 Å². The molecule has 0 fully saturated rings. The highest BCUT2D eigenvalue weighted by molar-refractivity contribution is 7.89. The summed E-state index contributed by atoms with van der Waals surface area (Å²) in [5, 5.41) is 8.70. The Morgan fingerprint density at radius 3 is 2.62 bits per heavy atom. The summed E-state index contributed by atoms with van der Waals surface area (Å²) in [6, 6.07) is 2.75. The quantitative estimate of drug-likeness (QED) is 0.813. The van der Waals surface area contributed by atoms with E-state index in [9.17, 15) is 8.42 Å². The molecule has 5 nitrogen and oxygen atoms in total. The number of hydrogen-bond acceptors (Lipinski definition) is 4. The van der Waals surface area contributed by atoms with Crippen LogP contribution < -0.4 is 9.62 Å². The molecule has 0 saturated carbocycles. The van der Waals surface area contributed by atoms with Gasteiger partial charge in [0.1, 0.15) is 5.75 Å². The van der Waals surface area contributed by atoms with Gasteiger partial charge in [-0.15, -0.1) is 0 Å². The second-order valence-electron chi connectivity index (χ2n) is 3.08. The molecule has 0 spiro atoms. The highest BCUT2D eigenvalue weighted by Gasteiger charge is 2.18. The predicted octanol–water partition coefficient (Wildman–Crippen LogP) is 1.71. The number of hydrogen-bond donors (Lipinski definition) is 2. The number of nitrogens with one attached hydrogen (secondary N) is 1. The van der Waals surface area contributed by atoms with Crippen LogP contribution in [0.3, 0.4) is 0 Å². The van der Waals surface area contributed by atoms with Crippen LogP contribution in [0, 0.1) is 6.92 Å². The van der Waals surface area contributed by atoms with E-state index in [1.165, 1.54) is 17.0 Å². The van der Waals surface area contributed by atoms with Crippen LogP contribution in [0.1, 0.15) is 12.5 Å². The second-order valence-corrected chi connectivity index (χ2v) is 5.11. The number of halogens is 1. The minimum atomic E-state index is -3.92. The number of ether oxygens (including phenoxy) is 1. The van der Waals surface area contributed by atoms with Crippen molar-refractivity contribution in [2.45, 2.75) is 18.7 Å². The minimum absolute atomic E-state index is 0.0801. The summed E-state index contributed by atoms with van der Waals surface area (Å²) >= 11 is 5.84. The van der Waals surface area contributed by atoms with Gasteiger partial charge in [0.05, 0.1) is 16.5 Å². The Bertz CT molecular complexity index is 487. The van der Waals surface area contributed by atoms with Gasteiger partial charge >= 0.3 is 0 Å². The van der Waals surface area contributed by atoms with Crippen LogP contribution in [0.5, 0.6) is 5.75 Å². The predicted molar refractivity (Wildman–Crippen MR) is 59.5 cm³/mol. The lowest BCUT2D eigenvalue weighted by Gasteiger charge is -2.10. The van der Waals surface area contributed by atoms with Gasteiger partial charge in [-0.25, -0.2) is 8.42 Å². The van der Waals surface area contributed by atoms with Gasteiger partial charge in [-0.2, -0.15) is 0 Å². The minimum Gasteiger partial charge on any atom is -0.492 e. The van der Waals surface area contributed by atoms with E-state index in [4.69, 9.17) is 21.5 Å². The Morgan fingerprint density at radius 1 is 1.50 bits per heavy atom. The van der Waals surface area contributed by atoms with Gasteiger partial charge in [-0.05, 0) is 31.5 Å². The molecule has 0 atom stereocenters. The van der Waals surface area contributed by atoms with E-state index >= 15 is 0 Å². The second kappa shape index (κ2) is 5.01. The molecule has 0 radical (unpaired) electrons. The molecule has 0 aliphatic heterocycles. The lowest BCUT2D eigenvalue weighted by atomic mass is 10.2. The SMILES string of the molecule is CCOc1cc(C)c(S(=O)(=O)NO)cc1Cl. The number of sulfonamides is 1. The molecule has 1 aromatic rings. The molecule has 0 heterocycles. The zero-order chi connectivity index (χ0) is 12.3. The number of benzene rings is 1. The third-order valence-electron chi connectivity index (χ3n) is 1.94. The summed E-state index contributed by atoms with van der Waals surface area (Å²) < 4.78 is 28.0. The largest absolute Gasteiger partial charge is 0.492 e. The van der Waals surface area contributed by atoms with Crippen molar-refractivity contribution < 1.29 is 18.4 Å². The third kappa shape index (κ3) is 2.65. The zero-order valence-electron chi connectivity index (χ0n) is 8.82. The Hall–Kier alpha value is -0.820. The fourth-order valence-electron chi connectivity index (χ4n) is 1.24. The molecule has 16 heavy (non-hydrogen) atoms. The zero-order valence-corrected chi connectivity index (χ0v) is 10.4. The van der Waals surface area contributed by atoms with E-state index in [1.54, 1.807) is 13.8 Å². The molecule has 0 aromatic heterocycles. The summed E-state index contributed by atoms with van der Waals surface area (Å²) in [4.78, 5) is 1.17. The van der Waals surface area contributed by atoms with Crippen molar-refractivity contribution in [3.63, 3.8) is 0 Å². The molecule has 0 aliphatic carbocycles. The Labute approximate surface area is 99.0 Å². The summed E-state index contributed by atoms with van der Waals surface area (Å²) in [5.74, 6) is 0.415. The molecule has 0 aliphatic rings. The first-order chi connectivity index (χ1) is 7.42. The van der Waals surface area contributed by atoms with Crippen LogP contribution in [0.2, 0.25) is 5.02 Å². The molecule has 90 valence electrons. The third-order valence-corrected chi connectivity index (χ3v) is 3.49. The maximum Gasteiger partial charge on any atom is 0.262 e. The van der Waals surface area contributed by atoms with Crippen LogP contribution in [0.15, 0.2) is 17.0 Å². The van der Waals surface area contributed by atoms with Gasteiger partial charge in [-0.3, -0.25) is 0 Å². The van der Waals surface area contributed by atoms with Crippen LogP contribution in [-0.4, -0.2) is 20.2 Å². The van der Waals surface area contributed by atoms with Gasteiger partial charge in [0, 0.05) is 0 Å². The van der Waals surface area contributed by atoms with Gasteiger partial charge in [-0.1, -0.05) is 16.5 Å². The van der Waals surface area contributed by atoms with Crippen molar-refractivity contribution >= 4 is 21.6 Å². The van der Waals surface area contributed by atoms with Crippen molar-refractivity contribution in [3.05, 3.63) is 22.7 Å². The van der Waals surface area contributed by atoms with Gasteiger partial charge < -0.3 is 9.94 Å². The lowest BCUT2D eigenvalue weighted by molar-refractivity contribution is 0.242. The summed E-state index contributed by atoms with van der Waals surface area (Å²) in [7, 11) is -3.92. The van der Waals surface area contributed by atoms with E-state index in [2.05, 4.69) is 0 Å². The van der Waals surface area contributed by atoms with Crippen LogP contribution in [0.4, 0.5) is 0 Å². The molecule has 0 unspecified atom stereocenters. The number of rotatable bonds is 4. The van der Waals surface area contributed by atoms with E-state index in [0.717, 1.165) is 0 Å². The van der Waals surface area contributed by atoms with E-state index in [1.807, 2.05) is 0 Å². The number of aryl methyl sites for hydroxylation is 1. The van der Waals surface area contributed by atoms with Crippen LogP contribution >= 0.6 is 11.6 Å². The summed E-state index contributed by atoms with van der Waals surface area (Å²) in [6.45, 7) is 3.82. The molecule has 1 rings (SSSR count). The highest BCUT2D eigenvalue weighted by Crippen LogP contribution is 2.30. The van der Waals surface area contributed by atoms with Crippen LogP contribution in [-0.2, 0) is 10.0 Å². The maximum atomic E-state index is 11.4. The van der Waals surface area contributed by atoms with Crippen molar-refractivity contribution in [3.8, 4) is 5.75 Å². The summed E-state index contributed by atoms with van der Waals surface area (Å²) in [5.41, 5.74) is 0.439. The van der Waals surface area contributed by atoms with Crippen molar-refractivity contribution in [1.29, 1.82) is 0 Å². The fourth-order valence-corrected chi connectivity index (χ4v) is 2.38. The molecule has 7 heteroatoms. The normalized spacial score (nSPS) is 11.5. The highest BCUT2D eigenvalue weighted by atomic mass is 35.5. The van der Waals surface area contributed by atoms with Gasteiger partial charge in [0.15, 0.2) is 0 Å². The first kappa shape index (κ1) is 13.2. The van der Waals surface area contributed by atoms with E-state index in [0.29, 0.717) is 17.9 Å². The Kier molecular flexibility index (Phi) is 4.15. The van der Waals surface area contributed by atoms with Gasteiger partial charge in [0.25, 0.3) is 10.0 Å². The standard InChI is InChI=1S/C9H12ClNO4S/c1-3-15-8-4-6(2)9(5-7(8)10)16(13,14)11-12/h4-5,11-12H,3H2,1-2H3. The average molecular weight is 266 g/mol. The molecular formula is C9H12ClNO4S. The fraction of sp³-hybridized carbons (Fsp3) is 0.333. The lowest BCUT2D eigenvalue weighted by Crippen LogP contribution is -2.20. The molecule has 0 bridgehead atoms. The average Bonchev–Trinajstić information content (AvgIpc) is 2.23. The molecule has 2 N–H and O–H groups in total. The molecule has 1 aromatic carbocycles. The Morgan fingerprint density at radius 2 is 2.12 bits per heavy atom. The van der Waals surface area contributed by atoms with Crippen molar-refractivity contribution in [2.24, 2.45) is 0 Å². The molecular weight excluding hydrogens is 254 g/mol. The monoisotopic (exact) mass is 265 g/mol. The summed E-state index contributed by atoms with van der Waals surface area (Å²) in [6.07, 6.45) is 0. The first-order valence-electron chi connectivity index (χ1n) is 4.51. The van der Waals surface area contributed by atoms with Gasteiger partial charge in [0.2, 0.25) is 0 Å². The molecule has 0 amide bonds. The van der Waals surface area contributed by atoms with E-state index in [-0.39, 0.29) is 9.92 Å². The van der Waals surface area contributed by atoms with Crippen molar-refractivity contribution in [1.82, 2.24) is 4.89 Å². The molecule has 0 saturated heterocycles. The smallest absolute Gasteiger partial charge is 0.262 e.